The van der Waals surface area contributed by atoms with Crippen LogP contribution in [-0.4, -0.2) is 9.97 Å². The highest BCUT2D eigenvalue weighted by atomic mass is 14.9. The highest BCUT2D eigenvalue weighted by molar-refractivity contribution is 6.20. The molecule has 0 saturated heterocycles. The second kappa shape index (κ2) is 11.5. The van der Waals surface area contributed by atoms with Crippen LogP contribution in [0.4, 0.5) is 0 Å². The molecule has 0 N–H and O–H groups in total. The highest BCUT2D eigenvalue weighted by Crippen LogP contribution is 2.40. The molecular weight excluding hydrogens is 605 g/mol. The van der Waals surface area contributed by atoms with E-state index in [1.807, 2.05) is 18.2 Å². The maximum absolute atomic E-state index is 5.13. The van der Waals surface area contributed by atoms with Crippen LogP contribution in [0.1, 0.15) is 0 Å². The van der Waals surface area contributed by atoms with Gasteiger partial charge in [-0.05, 0) is 83.2 Å². The standard InChI is InChI=1S/C48H30N2/c1-2-12-35(13-3-1)48-49-45(30-46(50-48)38-25-26-41-37(28-38)23-18-31-10-4-7-15-39(31)41)33-19-21-34(22-20-33)47-42-17-9-6-14-36(42)29-44-40-16-8-5-11-32(40)24-27-43(44)47/h1-30H. The second-order valence-corrected chi connectivity index (χ2v) is 13.0. The molecule has 10 rings (SSSR count). The molecule has 10 aromatic rings. The van der Waals surface area contributed by atoms with Crippen LogP contribution in [0.25, 0.3) is 98.9 Å². The molecule has 0 saturated carbocycles. The molecule has 9 aromatic carbocycles. The van der Waals surface area contributed by atoms with Gasteiger partial charge in [0, 0.05) is 16.7 Å². The third-order valence-corrected chi connectivity index (χ3v) is 10.0. The van der Waals surface area contributed by atoms with Crippen LogP contribution in [0.15, 0.2) is 182 Å². The number of benzene rings is 9. The van der Waals surface area contributed by atoms with E-state index in [1.54, 1.807) is 0 Å². The molecular formula is C48H30N2. The Morgan fingerprint density at radius 2 is 0.760 bits per heavy atom. The number of rotatable bonds is 4. The van der Waals surface area contributed by atoms with Gasteiger partial charge in [-0.2, -0.15) is 0 Å². The van der Waals surface area contributed by atoms with Crippen molar-refractivity contribution in [1.82, 2.24) is 9.97 Å². The molecule has 0 amide bonds. The zero-order valence-electron chi connectivity index (χ0n) is 27.2. The molecule has 0 atom stereocenters. The van der Waals surface area contributed by atoms with E-state index in [0.717, 1.165) is 28.1 Å². The average Bonchev–Trinajstić information content (AvgIpc) is 3.20. The predicted octanol–water partition coefficient (Wildman–Crippen LogP) is 12.9. The number of hydrogen-bond acceptors (Lipinski definition) is 2. The van der Waals surface area contributed by atoms with Gasteiger partial charge in [-0.3, -0.25) is 0 Å². The molecule has 0 unspecified atom stereocenters. The van der Waals surface area contributed by atoms with Gasteiger partial charge >= 0.3 is 0 Å². The number of hydrogen-bond donors (Lipinski definition) is 0. The summed E-state index contributed by atoms with van der Waals surface area (Å²) >= 11 is 0. The zero-order chi connectivity index (χ0) is 33.0. The van der Waals surface area contributed by atoms with Gasteiger partial charge in [0.25, 0.3) is 0 Å². The molecule has 0 aliphatic heterocycles. The zero-order valence-corrected chi connectivity index (χ0v) is 27.2. The number of nitrogens with zero attached hydrogens (tertiary/aromatic N) is 2. The molecule has 0 bridgehead atoms. The first-order valence-electron chi connectivity index (χ1n) is 17.1. The molecule has 0 radical (unpaired) electrons. The topological polar surface area (TPSA) is 25.8 Å². The van der Waals surface area contributed by atoms with Crippen LogP contribution in [-0.2, 0) is 0 Å². The van der Waals surface area contributed by atoms with Crippen molar-refractivity contribution in [3.8, 4) is 45.0 Å². The van der Waals surface area contributed by atoms with E-state index in [1.165, 1.54) is 65.0 Å². The first kappa shape index (κ1) is 28.4. The van der Waals surface area contributed by atoms with Crippen LogP contribution < -0.4 is 0 Å². The predicted molar refractivity (Wildman–Crippen MR) is 211 cm³/mol. The van der Waals surface area contributed by atoms with Crippen molar-refractivity contribution in [1.29, 1.82) is 0 Å². The van der Waals surface area contributed by atoms with Crippen LogP contribution in [0.3, 0.4) is 0 Å². The SMILES string of the molecule is c1ccc(-c2nc(-c3ccc(-c4c5ccccc5cc5c4ccc4ccccc45)cc3)cc(-c3ccc4c(ccc5ccccc54)c3)n2)cc1. The normalized spacial score (nSPS) is 11.6. The summed E-state index contributed by atoms with van der Waals surface area (Å²) in [6, 6.07) is 65.2. The largest absolute Gasteiger partial charge is 0.228 e. The van der Waals surface area contributed by atoms with Gasteiger partial charge in [0.05, 0.1) is 11.4 Å². The minimum atomic E-state index is 0.715. The average molecular weight is 635 g/mol. The minimum Gasteiger partial charge on any atom is -0.228 e. The molecule has 0 spiro atoms. The molecule has 2 nitrogen and oxygen atoms in total. The molecule has 1 aromatic heterocycles. The van der Waals surface area contributed by atoms with E-state index < -0.39 is 0 Å². The molecule has 0 fully saturated rings. The molecule has 1 heterocycles. The summed E-state index contributed by atoms with van der Waals surface area (Å²) in [5.74, 6) is 0.715. The maximum Gasteiger partial charge on any atom is 0.160 e. The van der Waals surface area contributed by atoms with Crippen molar-refractivity contribution in [3.63, 3.8) is 0 Å². The summed E-state index contributed by atoms with van der Waals surface area (Å²) < 4.78 is 0. The van der Waals surface area contributed by atoms with Crippen molar-refractivity contribution in [2.75, 3.05) is 0 Å². The summed E-state index contributed by atoms with van der Waals surface area (Å²) in [5, 5.41) is 12.5. The van der Waals surface area contributed by atoms with Gasteiger partial charge in [0.1, 0.15) is 0 Å². The van der Waals surface area contributed by atoms with Crippen molar-refractivity contribution >= 4 is 53.9 Å². The summed E-state index contributed by atoms with van der Waals surface area (Å²) in [6.45, 7) is 0. The summed E-state index contributed by atoms with van der Waals surface area (Å²) in [5.41, 5.74) is 7.36. The summed E-state index contributed by atoms with van der Waals surface area (Å²) in [7, 11) is 0. The van der Waals surface area contributed by atoms with Gasteiger partial charge < -0.3 is 0 Å². The Bertz CT molecular complexity index is 2910. The molecule has 0 aliphatic rings. The van der Waals surface area contributed by atoms with E-state index in [2.05, 4.69) is 164 Å². The maximum atomic E-state index is 5.13. The Hall–Kier alpha value is -6.64. The van der Waals surface area contributed by atoms with Gasteiger partial charge in [0.2, 0.25) is 0 Å². The minimum absolute atomic E-state index is 0.715. The fourth-order valence-electron chi connectivity index (χ4n) is 7.57. The summed E-state index contributed by atoms with van der Waals surface area (Å²) in [4.78, 5) is 10.2. The third kappa shape index (κ3) is 4.73. The lowest BCUT2D eigenvalue weighted by molar-refractivity contribution is 1.18. The molecule has 232 valence electrons. The first-order chi connectivity index (χ1) is 24.8. The van der Waals surface area contributed by atoms with Crippen LogP contribution >= 0.6 is 0 Å². The quantitative estimate of drug-likeness (QED) is 0.142. The van der Waals surface area contributed by atoms with Crippen molar-refractivity contribution in [2.24, 2.45) is 0 Å². The lowest BCUT2D eigenvalue weighted by Crippen LogP contribution is -1.96. The van der Waals surface area contributed by atoms with E-state index in [0.29, 0.717) is 5.82 Å². The Morgan fingerprint density at radius 1 is 0.260 bits per heavy atom. The molecule has 0 aliphatic carbocycles. The smallest absolute Gasteiger partial charge is 0.160 e. The molecule has 50 heavy (non-hydrogen) atoms. The van der Waals surface area contributed by atoms with E-state index >= 15 is 0 Å². The van der Waals surface area contributed by atoms with E-state index in [4.69, 9.17) is 9.97 Å². The summed E-state index contributed by atoms with van der Waals surface area (Å²) in [6.07, 6.45) is 0. The Kier molecular flexibility index (Phi) is 6.53. The van der Waals surface area contributed by atoms with Crippen molar-refractivity contribution in [2.45, 2.75) is 0 Å². The first-order valence-corrected chi connectivity index (χ1v) is 17.1. The number of aromatic nitrogens is 2. The second-order valence-electron chi connectivity index (χ2n) is 13.0. The van der Waals surface area contributed by atoms with Gasteiger partial charge in [0.15, 0.2) is 5.82 Å². The lowest BCUT2D eigenvalue weighted by Gasteiger charge is -2.15. The fraction of sp³-hybridized carbons (Fsp3) is 0. The fourth-order valence-corrected chi connectivity index (χ4v) is 7.57. The van der Waals surface area contributed by atoms with Crippen LogP contribution in [0, 0.1) is 0 Å². The van der Waals surface area contributed by atoms with Gasteiger partial charge in [-0.1, -0.05) is 164 Å². The van der Waals surface area contributed by atoms with Crippen LogP contribution in [0.2, 0.25) is 0 Å². The Morgan fingerprint density at radius 3 is 1.52 bits per heavy atom. The number of fused-ring (bicyclic) bond motifs is 7. The highest BCUT2D eigenvalue weighted by Gasteiger charge is 2.15. The molecule has 2 heteroatoms. The Labute approximate surface area is 290 Å². The monoisotopic (exact) mass is 634 g/mol. The van der Waals surface area contributed by atoms with Crippen molar-refractivity contribution < 1.29 is 0 Å². The van der Waals surface area contributed by atoms with Gasteiger partial charge in [-0.15, -0.1) is 0 Å². The van der Waals surface area contributed by atoms with E-state index in [9.17, 15) is 0 Å². The van der Waals surface area contributed by atoms with Crippen molar-refractivity contribution in [3.05, 3.63) is 182 Å². The van der Waals surface area contributed by atoms with E-state index in [-0.39, 0.29) is 0 Å². The van der Waals surface area contributed by atoms with Crippen LogP contribution in [0.5, 0.6) is 0 Å². The third-order valence-electron chi connectivity index (χ3n) is 10.0. The Balaban J connectivity index is 1.12. The lowest BCUT2D eigenvalue weighted by atomic mass is 9.89. The van der Waals surface area contributed by atoms with Gasteiger partial charge in [-0.25, -0.2) is 9.97 Å².